The van der Waals surface area contributed by atoms with Gasteiger partial charge in [-0.1, -0.05) is 0 Å². The summed E-state index contributed by atoms with van der Waals surface area (Å²) < 4.78 is 16.9. The van der Waals surface area contributed by atoms with Gasteiger partial charge in [0.05, 0.1) is 12.2 Å². The van der Waals surface area contributed by atoms with Crippen molar-refractivity contribution in [1.29, 1.82) is 0 Å². The number of ether oxygens (including phenoxy) is 3. The Morgan fingerprint density at radius 1 is 1.28 bits per heavy atom. The van der Waals surface area contributed by atoms with Gasteiger partial charge in [0.1, 0.15) is 12.8 Å². The predicted octanol–water partition coefficient (Wildman–Crippen LogP) is 0.464. The van der Waals surface area contributed by atoms with Gasteiger partial charge < -0.3 is 19.5 Å². The quantitative estimate of drug-likeness (QED) is 0.368. The monoisotopic (exact) mass is 352 g/mol. The molecular formula is C17H24N2O6. The fourth-order valence-electron chi connectivity index (χ4n) is 2.75. The summed E-state index contributed by atoms with van der Waals surface area (Å²) in [6.45, 7) is 0.150. The third-order valence-electron chi connectivity index (χ3n) is 4.58. The lowest BCUT2D eigenvalue weighted by molar-refractivity contribution is -0.166. The Balaban J connectivity index is 1.43. The molecule has 3 fully saturated rings. The minimum absolute atomic E-state index is 0.150. The second-order valence-corrected chi connectivity index (χ2v) is 6.68. The highest BCUT2D eigenvalue weighted by atomic mass is 16.6. The molecule has 0 spiro atoms. The standard InChI is InChI=1S/C17H24N2O6/c1-18-14(21)6-9-19(11-20)15-5-4-13(24-15)10-23-16(22)17(7-8-17)25-12-2-3-12/h6,9,11-13,15H,2-5,7-8,10H2,1H3,(H,18,21)/b9-6-. The number of hydrogen-bond donors (Lipinski definition) is 1. The van der Waals surface area contributed by atoms with Gasteiger partial charge in [0.25, 0.3) is 0 Å². The van der Waals surface area contributed by atoms with Gasteiger partial charge in [-0.05, 0) is 38.5 Å². The summed E-state index contributed by atoms with van der Waals surface area (Å²) in [6, 6.07) is 0. The Kier molecular flexibility index (Phi) is 5.39. The number of likely N-dealkylation sites (N-methyl/N-ethyl adjacent to an activating group) is 1. The number of carbonyl (C=O) groups is 3. The maximum absolute atomic E-state index is 12.2. The first-order valence-electron chi connectivity index (χ1n) is 8.69. The van der Waals surface area contributed by atoms with E-state index in [4.69, 9.17) is 14.2 Å². The molecule has 2 aliphatic carbocycles. The largest absolute Gasteiger partial charge is 0.461 e. The molecule has 1 N–H and O–H groups in total. The molecule has 8 heteroatoms. The normalized spacial score (nSPS) is 27.1. The van der Waals surface area contributed by atoms with Crippen molar-refractivity contribution in [2.24, 2.45) is 0 Å². The molecule has 0 aromatic heterocycles. The first-order valence-corrected chi connectivity index (χ1v) is 8.69. The number of nitrogens with zero attached hydrogens (tertiary/aromatic N) is 1. The van der Waals surface area contributed by atoms with Crippen LogP contribution in [0.1, 0.15) is 38.5 Å². The van der Waals surface area contributed by atoms with Crippen LogP contribution in [0.15, 0.2) is 12.3 Å². The van der Waals surface area contributed by atoms with Crippen molar-refractivity contribution < 1.29 is 28.6 Å². The summed E-state index contributed by atoms with van der Waals surface area (Å²) in [4.78, 5) is 35.9. The second-order valence-electron chi connectivity index (χ2n) is 6.68. The molecule has 0 aromatic carbocycles. The summed E-state index contributed by atoms with van der Waals surface area (Å²) >= 11 is 0. The molecule has 0 radical (unpaired) electrons. The van der Waals surface area contributed by atoms with Crippen molar-refractivity contribution in [1.82, 2.24) is 10.2 Å². The number of nitrogens with one attached hydrogen (secondary N) is 1. The van der Waals surface area contributed by atoms with Crippen LogP contribution in [-0.4, -0.2) is 60.9 Å². The van der Waals surface area contributed by atoms with Crippen LogP contribution >= 0.6 is 0 Å². The SMILES string of the molecule is CNC(=O)/C=C\N(C=O)C1CCC(COC(=O)C2(OC3CC3)CC2)O1. The predicted molar refractivity (Wildman–Crippen MR) is 86.0 cm³/mol. The highest BCUT2D eigenvalue weighted by molar-refractivity contribution is 5.87. The number of carbonyl (C=O) groups excluding carboxylic acids is 3. The van der Waals surface area contributed by atoms with Crippen LogP contribution in [0.5, 0.6) is 0 Å². The number of amides is 2. The maximum atomic E-state index is 12.2. The van der Waals surface area contributed by atoms with E-state index >= 15 is 0 Å². The lowest BCUT2D eigenvalue weighted by atomic mass is 10.2. The zero-order valence-corrected chi connectivity index (χ0v) is 14.3. The molecule has 1 saturated heterocycles. The molecule has 138 valence electrons. The zero-order valence-electron chi connectivity index (χ0n) is 14.3. The third kappa shape index (κ3) is 4.58. The molecule has 3 aliphatic rings. The van der Waals surface area contributed by atoms with E-state index in [0.29, 0.717) is 19.3 Å². The van der Waals surface area contributed by atoms with E-state index in [2.05, 4.69) is 5.32 Å². The van der Waals surface area contributed by atoms with Gasteiger partial charge in [-0.3, -0.25) is 14.5 Å². The van der Waals surface area contributed by atoms with Crippen LogP contribution in [0.4, 0.5) is 0 Å². The summed E-state index contributed by atoms with van der Waals surface area (Å²) in [5.41, 5.74) is -0.718. The lowest BCUT2D eigenvalue weighted by Gasteiger charge is -2.21. The Morgan fingerprint density at radius 2 is 2.04 bits per heavy atom. The van der Waals surface area contributed by atoms with Crippen molar-refractivity contribution in [3.05, 3.63) is 12.3 Å². The van der Waals surface area contributed by atoms with Gasteiger partial charge in [-0.15, -0.1) is 0 Å². The number of rotatable bonds is 9. The maximum Gasteiger partial charge on any atom is 0.338 e. The van der Waals surface area contributed by atoms with E-state index in [9.17, 15) is 14.4 Å². The van der Waals surface area contributed by atoms with Crippen LogP contribution < -0.4 is 5.32 Å². The fourth-order valence-corrected chi connectivity index (χ4v) is 2.75. The van der Waals surface area contributed by atoms with Crippen molar-refractivity contribution in [3.63, 3.8) is 0 Å². The van der Waals surface area contributed by atoms with Gasteiger partial charge in [-0.25, -0.2) is 4.79 Å². The van der Waals surface area contributed by atoms with Crippen molar-refractivity contribution in [3.8, 4) is 0 Å². The Hall–Kier alpha value is -1.93. The average molecular weight is 352 g/mol. The van der Waals surface area contributed by atoms with Gasteiger partial charge in [0.15, 0.2) is 5.60 Å². The van der Waals surface area contributed by atoms with Crippen LogP contribution in [-0.2, 0) is 28.6 Å². The highest BCUT2D eigenvalue weighted by Crippen LogP contribution is 2.45. The van der Waals surface area contributed by atoms with Gasteiger partial charge in [-0.2, -0.15) is 0 Å². The molecule has 1 aliphatic heterocycles. The van der Waals surface area contributed by atoms with Crippen LogP contribution in [0, 0.1) is 0 Å². The smallest absolute Gasteiger partial charge is 0.338 e. The molecule has 2 amide bonds. The van der Waals surface area contributed by atoms with Crippen LogP contribution in [0.25, 0.3) is 0 Å². The van der Waals surface area contributed by atoms with E-state index in [1.54, 1.807) is 0 Å². The molecule has 1 heterocycles. The molecule has 3 rings (SSSR count). The van der Waals surface area contributed by atoms with E-state index < -0.39 is 11.8 Å². The first kappa shape index (κ1) is 17.9. The summed E-state index contributed by atoms with van der Waals surface area (Å²) in [7, 11) is 1.51. The Bertz CT molecular complexity index is 555. The van der Waals surface area contributed by atoms with Gasteiger partial charge in [0, 0.05) is 19.3 Å². The topological polar surface area (TPSA) is 94.2 Å². The Morgan fingerprint density at radius 3 is 2.64 bits per heavy atom. The molecule has 0 bridgehead atoms. The van der Waals surface area contributed by atoms with Crippen LogP contribution in [0.2, 0.25) is 0 Å². The van der Waals surface area contributed by atoms with E-state index in [0.717, 1.165) is 25.7 Å². The first-order chi connectivity index (χ1) is 12.1. The molecule has 2 saturated carbocycles. The molecular weight excluding hydrogens is 328 g/mol. The van der Waals surface area contributed by atoms with Crippen molar-refractivity contribution >= 4 is 18.3 Å². The van der Waals surface area contributed by atoms with Crippen LogP contribution in [0.3, 0.4) is 0 Å². The third-order valence-corrected chi connectivity index (χ3v) is 4.58. The van der Waals surface area contributed by atoms with E-state index in [-0.39, 0.29) is 30.7 Å². The lowest BCUT2D eigenvalue weighted by Crippen LogP contribution is -2.33. The zero-order chi connectivity index (χ0) is 17.9. The number of hydrogen-bond acceptors (Lipinski definition) is 6. The summed E-state index contributed by atoms with van der Waals surface area (Å²) in [6.07, 6.45) is 7.53. The van der Waals surface area contributed by atoms with E-state index in [1.807, 2.05) is 0 Å². The van der Waals surface area contributed by atoms with Crippen molar-refractivity contribution in [2.75, 3.05) is 13.7 Å². The van der Waals surface area contributed by atoms with E-state index in [1.165, 1.54) is 24.2 Å². The molecule has 2 atom stereocenters. The fraction of sp³-hybridized carbons (Fsp3) is 0.706. The molecule has 0 aromatic rings. The Labute approximate surface area is 146 Å². The minimum Gasteiger partial charge on any atom is -0.461 e. The van der Waals surface area contributed by atoms with Gasteiger partial charge >= 0.3 is 5.97 Å². The second kappa shape index (κ2) is 7.53. The molecule has 2 unspecified atom stereocenters. The van der Waals surface area contributed by atoms with Crippen molar-refractivity contribution in [2.45, 2.75) is 62.6 Å². The summed E-state index contributed by atoms with van der Waals surface area (Å²) in [5, 5.41) is 2.44. The molecule has 25 heavy (non-hydrogen) atoms. The average Bonchev–Trinajstić information content (AvgIpc) is 3.55. The molecule has 8 nitrogen and oxygen atoms in total. The minimum atomic E-state index is -0.718. The highest BCUT2D eigenvalue weighted by Gasteiger charge is 2.55. The summed E-state index contributed by atoms with van der Waals surface area (Å²) in [5.74, 6) is -0.612. The number of esters is 1. The van der Waals surface area contributed by atoms with Gasteiger partial charge in [0.2, 0.25) is 12.3 Å².